The van der Waals surface area contributed by atoms with Crippen molar-refractivity contribution in [1.29, 1.82) is 0 Å². The summed E-state index contributed by atoms with van der Waals surface area (Å²) < 4.78 is 22.8. The predicted octanol–water partition coefficient (Wildman–Crippen LogP) is 2.82. The van der Waals surface area contributed by atoms with Gasteiger partial charge in [-0.2, -0.15) is 4.21 Å². The second kappa shape index (κ2) is 4.13. The maximum Gasteiger partial charge on any atom is 0.299 e. The minimum atomic E-state index is -2.61. The van der Waals surface area contributed by atoms with Crippen molar-refractivity contribution >= 4 is 11.4 Å². The highest BCUT2D eigenvalue weighted by Crippen LogP contribution is 2.58. The van der Waals surface area contributed by atoms with Gasteiger partial charge in [-0.05, 0) is 37.5 Å². The summed E-state index contributed by atoms with van der Waals surface area (Å²) in [5.41, 5.74) is 4.04. The Labute approximate surface area is 87.7 Å². The van der Waals surface area contributed by atoms with Gasteiger partial charge in [-0.15, -0.1) is 0 Å². The average Bonchev–Trinajstić information content (AvgIpc) is 2.02. The smallest absolute Gasteiger partial charge is 0.284 e. The molecule has 0 saturated heterocycles. The standard InChI is InChI=1S/C10H16.H2O3S/c1-7-4-5-8-6-9(7)10(8,2)3;1-4(2)3/h8H,4-6H2,1-3H3;(H2,1,2,3). The third-order valence-corrected chi connectivity index (χ3v) is 3.63. The van der Waals surface area contributed by atoms with Gasteiger partial charge >= 0.3 is 0 Å². The summed E-state index contributed by atoms with van der Waals surface area (Å²) >= 11 is -2.61. The summed E-state index contributed by atoms with van der Waals surface area (Å²) in [7, 11) is 0. The molecule has 0 aromatic carbocycles. The molecule has 2 bridgehead atoms. The van der Waals surface area contributed by atoms with Crippen LogP contribution in [0.15, 0.2) is 11.1 Å². The molecular weight excluding hydrogens is 200 g/mol. The van der Waals surface area contributed by atoms with Crippen LogP contribution < -0.4 is 0 Å². The second-order valence-electron chi connectivity index (χ2n) is 4.65. The van der Waals surface area contributed by atoms with Crippen LogP contribution in [0, 0.1) is 11.3 Å². The summed E-state index contributed by atoms with van der Waals surface area (Å²) in [6, 6.07) is 0. The molecule has 0 heterocycles. The van der Waals surface area contributed by atoms with Gasteiger partial charge < -0.3 is 0 Å². The van der Waals surface area contributed by atoms with E-state index in [-0.39, 0.29) is 0 Å². The van der Waals surface area contributed by atoms with Crippen LogP contribution in [0.3, 0.4) is 0 Å². The van der Waals surface area contributed by atoms with E-state index in [9.17, 15) is 0 Å². The van der Waals surface area contributed by atoms with Crippen LogP contribution in [0.2, 0.25) is 0 Å². The first-order valence-electron chi connectivity index (χ1n) is 4.84. The fourth-order valence-electron chi connectivity index (χ4n) is 2.61. The maximum atomic E-state index is 8.67. The molecule has 0 aromatic heterocycles. The summed E-state index contributed by atoms with van der Waals surface area (Å²) in [5, 5.41) is 0. The first-order valence-corrected chi connectivity index (χ1v) is 5.91. The lowest BCUT2D eigenvalue weighted by atomic mass is 9.52. The van der Waals surface area contributed by atoms with Crippen molar-refractivity contribution in [1.82, 2.24) is 0 Å². The van der Waals surface area contributed by atoms with Crippen molar-refractivity contribution < 1.29 is 13.3 Å². The van der Waals surface area contributed by atoms with Crippen molar-refractivity contribution in [3.8, 4) is 0 Å². The van der Waals surface area contributed by atoms with Crippen LogP contribution in [0.25, 0.3) is 0 Å². The zero-order valence-corrected chi connectivity index (χ0v) is 9.73. The zero-order chi connectivity index (χ0) is 10.9. The van der Waals surface area contributed by atoms with Gasteiger partial charge in [0.1, 0.15) is 0 Å². The molecule has 14 heavy (non-hydrogen) atoms. The van der Waals surface area contributed by atoms with Gasteiger partial charge in [0.05, 0.1) is 0 Å². The molecule has 0 amide bonds. The lowest BCUT2D eigenvalue weighted by Crippen LogP contribution is -2.41. The van der Waals surface area contributed by atoms with Crippen molar-refractivity contribution in [2.45, 2.75) is 40.0 Å². The van der Waals surface area contributed by atoms with Gasteiger partial charge in [0.25, 0.3) is 11.4 Å². The monoisotopic (exact) mass is 218 g/mol. The number of fused-ring (bicyclic) bond motifs is 2. The highest BCUT2D eigenvalue weighted by Gasteiger charge is 2.46. The molecule has 0 aromatic rings. The SMILES string of the molecule is CC1=C2CC(CC1)C2(C)C.O=S(O)O. The molecule has 0 aliphatic heterocycles. The first kappa shape index (κ1) is 11.9. The summed E-state index contributed by atoms with van der Waals surface area (Å²) in [6.07, 6.45) is 4.24. The van der Waals surface area contributed by atoms with Gasteiger partial charge in [-0.3, -0.25) is 9.11 Å². The van der Waals surface area contributed by atoms with Crippen LogP contribution in [0.5, 0.6) is 0 Å². The highest BCUT2D eigenvalue weighted by molar-refractivity contribution is 7.73. The first-order chi connectivity index (χ1) is 6.35. The summed E-state index contributed by atoms with van der Waals surface area (Å²) in [5.74, 6) is 1.02. The lowest BCUT2D eigenvalue weighted by molar-refractivity contribution is 0.133. The van der Waals surface area contributed by atoms with Crippen molar-refractivity contribution in [3.63, 3.8) is 0 Å². The molecule has 1 fully saturated rings. The molecule has 82 valence electrons. The van der Waals surface area contributed by atoms with Crippen LogP contribution in [0.4, 0.5) is 0 Å². The van der Waals surface area contributed by atoms with E-state index in [1.165, 1.54) is 19.3 Å². The van der Waals surface area contributed by atoms with Crippen molar-refractivity contribution in [2.75, 3.05) is 0 Å². The normalized spacial score (nSPS) is 28.0. The van der Waals surface area contributed by atoms with E-state index in [1.807, 2.05) is 0 Å². The molecule has 1 atom stereocenters. The van der Waals surface area contributed by atoms with Crippen molar-refractivity contribution in [2.24, 2.45) is 11.3 Å². The van der Waals surface area contributed by atoms with Gasteiger partial charge in [-0.1, -0.05) is 25.0 Å². The second-order valence-corrected chi connectivity index (χ2v) is 5.11. The topological polar surface area (TPSA) is 57.5 Å². The Kier molecular flexibility index (Phi) is 3.50. The molecule has 1 unspecified atom stereocenters. The number of allylic oxidation sites excluding steroid dienone is 2. The van der Waals surface area contributed by atoms with E-state index in [2.05, 4.69) is 20.8 Å². The van der Waals surface area contributed by atoms with E-state index in [1.54, 1.807) is 11.1 Å². The van der Waals surface area contributed by atoms with E-state index >= 15 is 0 Å². The van der Waals surface area contributed by atoms with E-state index < -0.39 is 11.4 Å². The van der Waals surface area contributed by atoms with Crippen LogP contribution in [-0.2, 0) is 11.4 Å². The Hall–Kier alpha value is -0.190. The Balaban J connectivity index is 0.000000213. The van der Waals surface area contributed by atoms with Gasteiger partial charge in [0.15, 0.2) is 0 Å². The van der Waals surface area contributed by atoms with Crippen molar-refractivity contribution in [3.05, 3.63) is 11.1 Å². The van der Waals surface area contributed by atoms with Gasteiger partial charge in [0, 0.05) is 0 Å². The Bertz CT molecular complexity index is 277. The van der Waals surface area contributed by atoms with Gasteiger partial charge in [-0.25, -0.2) is 0 Å². The molecule has 3 rings (SSSR count). The van der Waals surface area contributed by atoms with Crippen LogP contribution in [0.1, 0.15) is 40.0 Å². The number of hydrogen-bond donors (Lipinski definition) is 2. The molecular formula is C10H18O3S. The number of hydrogen-bond acceptors (Lipinski definition) is 1. The largest absolute Gasteiger partial charge is 0.299 e. The minimum absolute atomic E-state index is 0.586. The molecule has 3 aliphatic rings. The van der Waals surface area contributed by atoms with Gasteiger partial charge in [0.2, 0.25) is 0 Å². The average molecular weight is 218 g/mol. The lowest BCUT2D eigenvalue weighted by Gasteiger charge is -2.52. The molecule has 3 aliphatic carbocycles. The van der Waals surface area contributed by atoms with Crippen LogP contribution >= 0.6 is 0 Å². The maximum absolute atomic E-state index is 8.67. The fraction of sp³-hybridized carbons (Fsp3) is 0.800. The molecule has 2 N–H and O–H groups in total. The molecule has 0 radical (unpaired) electrons. The van der Waals surface area contributed by atoms with Crippen LogP contribution in [-0.4, -0.2) is 13.3 Å². The minimum Gasteiger partial charge on any atom is -0.284 e. The fourth-order valence-corrected chi connectivity index (χ4v) is 2.61. The van der Waals surface area contributed by atoms with E-state index in [4.69, 9.17) is 13.3 Å². The Morgan fingerprint density at radius 1 is 1.43 bits per heavy atom. The molecule has 0 spiro atoms. The molecule has 3 nitrogen and oxygen atoms in total. The third-order valence-electron chi connectivity index (χ3n) is 3.63. The number of rotatable bonds is 0. The van der Waals surface area contributed by atoms with E-state index in [0.29, 0.717) is 5.41 Å². The molecule has 1 saturated carbocycles. The predicted molar refractivity (Wildman–Crippen MR) is 57.2 cm³/mol. The van der Waals surface area contributed by atoms with E-state index in [0.717, 1.165) is 5.92 Å². The Morgan fingerprint density at radius 3 is 2.14 bits per heavy atom. The highest BCUT2D eigenvalue weighted by atomic mass is 32.2. The Morgan fingerprint density at radius 2 is 1.93 bits per heavy atom. The summed E-state index contributed by atoms with van der Waals surface area (Å²) in [6.45, 7) is 7.12. The zero-order valence-electron chi connectivity index (χ0n) is 8.91. The quantitative estimate of drug-likeness (QED) is 0.485. The molecule has 4 heteroatoms. The summed E-state index contributed by atoms with van der Waals surface area (Å²) in [4.78, 5) is 0. The third kappa shape index (κ3) is 2.24.